The number of hydrogen-bond donors (Lipinski definition) is 1. The lowest BCUT2D eigenvalue weighted by Crippen LogP contribution is -2.30. The van der Waals surface area contributed by atoms with Crippen molar-refractivity contribution < 1.29 is 9.90 Å². The second-order valence-electron chi connectivity index (χ2n) is 4.61. The molecule has 0 radical (unpaired) electrons. The maximum Gasteiger partial charge on any atom is 0.341 e. The molecule has 0 aliphatic heterocycles. The van der Waals surface area contributed by atoms with Crippen LogP contribution in [0.3, 0.4) is 0 Å². The summed E-state index contributed by atoms with van der Waals surface area (Å²) >= 11 is 1.46. The van der Waals surface area contributed by atoms with E-state index < -0.39 is 11.5 Å². The third-order valence-corrected chi connectivity index (χ3v) is 3.41. The van der Waals surface area contributed by atoms with Gasteiger partial charge < -0.3 is 5.11 Å². The van der Waals surface area contributed by atoms with E-state index in [1.165, 1.54) is 22.1 Å². The Morgan fingerprint density at radius 3 is 2.79 bits per heavy atom. The fraction of sp³-hybridized carbons (Fsp3) is 0.308. The van der Waals surface area contributed by atoms with Crippen LogP contribution in [0.4, 0.5) is 0 Å². The van der Waals surface area contributed by atoms with Crippen molar-refractivity contribution in [3.8, 4) is 10.6 Å². The van der Waals surface area contributed by atoms with Gasteiger partial charge in [-0.3, -0.25) is 4.79 Å². The van der Waals surface area contributed by atoms with E-state index in [9.17, 15) is 9.59 Å². The van der Waals surface area contributed by atoms with Gasteiger partial charge in [0.05, 0.1) is 4.88 Å². The Hall–Kier alpha value is -1.95. The van der Waals surface area contributed by atoms with Gasteiger partial charge in [-0.1, -0.05) is 19.9 Å². The molecule has 0 saturated carbocycles. The topological polar surface area (TPSA) is 72.2 Å². The molecular formula is C13H14N2O3S. The van der Waals surface area contributed by atoms with E-state index in [0.717, 1.165) is 4.88 Å². The van der Waals surface area contributed by atoms with Gasteiger partial charge in [-0.2, -0.15) is 5.10 Å². The summed E-state index contributed by atoms with van der Waals surface area (Å²) in [5.41, 5.74) is -0.270. The average molecular weight is 278 g/mol. The number of aromatic carboxylic acids is 1. The molecule has 0 bridgehead atoms. The van der Waals surface area contributed by atoms with E-state index in [2.05, 4.69) is 5.10 Å². The lowest BCUT2D eigenvalue weighted by atomic mass is 10.2. The molecule has 0 saturated heterocycles. The highest BCUT2D eigenvalue weighted by atomic mass is 32.1. The molecule has 2 aromatic rings. The first-order chi connectivity index (χ1) is 8.99. The van der Waals surface area contributed by atoms with Crippen LogP contribution >= 0.6 is 11.3 Å². The minimum Gasteiger partial charge on any atom is -0.477 e. The standard InChI is InChI=1S/C13H14N2O3S/c1-8(2)7-15-12(16)9(13(17)18)6-10(14-15)11-4-3-5-19-11/h3-6,8H,7H2,1-2H3,(H,17,18). The Morgan fingerprint density at radius 2 is 2.26 bits per heavy atom. The zero-order valence-electron chi connectivity index (χ0n) is 10.7. The van der Waals surface area contributed by atoms with Gasteiger partial charge in [-0.25, -0.2) is 9.48 Å². The summed E-state index contributed by atoms with van der Waals surface area (Å²) in [4.78, 5) is 24.0. The number of carboxylic acids is 1. The lowest BCUT2D eigenvalue weighted by Gasteiger charge is -2.10. The van der Waals surface area contributed by atoms with Crippen LogP contribution in [-0.4, -0.2) is 20.9 Å². The molecule has 0 spiro atoms. The molecule has 2 rings (SSSR count). The summed E-state index contributed by atoms with van der Waals surface area (Å²) in [6.45, 7) is 4.30. The van der Waals surface area contributed by atoms with Crippen LogP contribution in [0.1, 0.15) is 24.2 Å². The van der Waals surface area contributed by atoms with Crippen molar-refractivity contribution in [1.29, 1.82) is 0 Å². The maximum absolute atomic E-state index is 12.0. The summed E-state index contributed by atoms with van der Waals surface area (Å²) < 4.78 is 1.24. The van der Waals surface area contributed by atoms with Crippen LogP contribution in [0.5, 0.6) is 0 Å². The summed E-state index contributed by atoms with van der Waals surface area (Å²) in [6.07, 6.45) is 0. The van der Waals surface area contributed by atoms with Gasteiger partial charge in [-0.05, 0) is 23.4 Å². The Morgan fingerprint density at radius 1 is 1.53 bits per heavy atom. The van der Waals surface area contributed by atoms with Gasteiger partial charge in [-0.15, -0.1) is 11.3 Å². The Kier molecular flexibility index (Phi) is 3.80. The maximum atomic E-state index is 12.0. The predicted octanol–water partition coefficient (Wildman–Crippen LogP) is 2.33. The molecule has 0 atom stereocenters. The van der Waals surface area contributed by atoms with Gasteiger partial charge in [0.1, 0.15) is 11.3 Å². The molecule has 1 N–H and O–H groups in total. The molecule has 2 aromatic heterocycles. The highest BCUT2D eigenvalue weighted by Gasteiger charge is 2.16. The average Bonchev–Trinajstić information content (AvgIpc) is 2.84. The largest absolute Gasteiger partial charge is 0.477 e. The Bertz CT molecular complexity index is 644. The van der Waals surface area contributed by atoms with Crippen LogP contribution in [0.25, 0.3) is 10.6 Å². The molecule has 19 heavy (non-hydrogen) atoms. The molecule has 0 aromatic carbocycles. The number of carboxylic acid groups (broad SMARTS) is 1. The first-order valence-corrected chi connectivity index (χ1v) is 6.76. The number of nitrogens with zero attached hydrogens (tertiary/aromatic N) is 2. The Balaban J connectivity index is 2.61. The van der Waals surface area contributed by atoms with Crippen molar-refractivity contribution in [2.75, 3.05) is 0 Å². The first-order valence-electron chi connectivity index (χ1n) is 5.88. The fourth-order valence-corrected chi connectivity index (χ4v) is 2.39. The smallest absolute Gasteiger partial charge is 0.341 e. The molecule has 0 aliphatic rings. The van der Waals surface area contributed by atoms with Crippen molar-refractivity contribution in [1.82, 2.24) is 9.78 Å². The monoisotopic (exact) mass is 278 g/mol. The van der Waals surface area contributed by atoms with Crippen molar-refractivity contribution in [2.24, 2.45) is 5.92 Å². The molecule has 0 aliphatic carbocycles. The van der Waals surface area contributed by atoms with Crippen molar-refractivity contribution in [3.05, 3.63) is 39.5 Å². The summed E-state index contributed by atoms with van der Waals surface area (Å²) in [7, 11) is 0. The van der Waals surface area contributed by atoms with Crippen molar-refractivity contribution in [3.63, 3.8) is 0 Å². The molecule has 0 amide bonds. The zero-order valence-corrected chi connectivity index (χ0v) is 11.5. The minimum atomic E-state index is -1.22. The van der Waals surface area contributed by atoms with Gasteiger partial charge in [0.25, 0.3) is 5.56 Å². The summed E-state index contributed by atoms with van der Waals surface area (Å²) in [6, 6.07) is 5.05. The SMILES string of the molecule is CC(C)Cn1nc(-c2cccs2)cc(C(=O)O)c1=O. The molecule has 6 heteroatoms. The second-order valence-corrected chi connectivity index (χ2v) is 5.55. The van der Waals surface area contributed by atoms with Crippen LogP contribution in [-0.2, 0) is 6.54 Å². The lowest BCUT2D eigenvalue weighted by molar-refractivity contribution is 0.0693. The first kappa shape index (κ1) is 13.5. The third-order valence-electron chi connectivity index (χ3n) is 2.52. The van der Waals surface area contributed by atoms with Gasteiger partial charge >= 0.3 is 5.97 Å². The van der Waals surface area contributed by atoms with Gasteiger partial charge in [0.15, 0.2) is 0 Å². The van der Waals surface area contributed by atoms with Crippen LogP contribution < -0.4 is 5.56 Å². The highest BCUT2D eigenvalue weighted by molar-refractivity contribution is 7.13. The normalized spacial score (nSPS) is 10.9. The number of rotatable bonds is 4. The molecule has 0 fully saturated rings. The molecule has 0 unspecified atom stereocenters. The van der Waals surface area contributed by atoms with E-state index in [0.29, 0.717) is 12.2 Å². The van der Waals surface area contributed by atoms with E-state index >= 15 is 0 Å². The van der Waals surface area contributed by atoms with Crippen LogP contribution in [0, 0.1) is 5.92 Å². The van der Waals surface area contributed by atoms with Crippen molar-refractivity contribution in [2.45, 2.75) is 20.4 Å². The second kappa shape index (κ2) is 5.36. The summed E-state index contributed by atoms with van der Waals surface area (Å²) in [5, 5.41) is 15.2. The van der Waals surface area contributed by atoms with Crippen LogP contribution in [0.15, 0.2) is 28.4 Å². The molecule has 5 nitrogen and oxygen atoms in total. The molecule has 100 valence electrons. The van der Waals surface area contributed by atoms with E-state index in [1.54, 1.807) is 0 Å². The minimum absolute atomic E-state index is 0.213. The van der Waals surface area contributed by atoms with E-state index in [-0.39, 0.29) is 11.5 Å². The highest BCUT2D eigenvalue weighted by Crippen LogP contribution is 2.22. The van der Waals surface area contributed by atoms with E-state index in [1.807, 2.05) is 31.4 Å². The molecular weight excluding hydrogens is 264 g/mol. The Labute approximate surface area is 114 Å². The number of thiophene rings is 1. The fourth-order valence-electron chi connectivity index (χ4n) is 1.71. The van der Waals surface area contributed by atoms with Gasteiger partial charge in [0, 0.05) is 6.54 Å². The number of hydrogen-bond acceptors (Lipinski definition) is 4. The third kappa shape index (κ3) is 2.90. The zero-order chi connectivity index (χ0) is 14.0. The predicted molar refractivity (Wildman–Crippen MR) is 73.6 cm³/mol. The quantitative estimate of drug-likeness (QED) is 0.931. The van der Waals surface area contributed by atoms with Crippen LogP contribution in [0.2, 0.25) is 0 Å². The summed E-state index contributed by atoms with van der Waals surface area (Å²) in [5.74, 6) is -1.01. The number of carbonyl (C=O) groups is 1. The van der Waals surface area contributed by atoms with Crippen molar-refractivity contribution >= 4 is 17.3 Å². The van der Waals surface area contributed by atoms with Gasteiger partial charge in [0.2, 0.25) is 0 Å². The number of aromatic nitrogens is 2. The van der Waals surface area contributed by atoms with E-state index in [4.69, 9.17) is 5.11 Å². The molecule has 2 heterocycles.